The van der Waals surface area contributed by atoms with Gasteiger partial charge in [-0.25, -0.2) is 0 Å². The third-order valence-corrected chi connectivity index (χ3v) is 9.74. The van der Waals surface area contributed by atoms with Crippen molar-refractivity contribution in [2.45, 2.75) is 70.4 Å². The van der Waals surface area contributed by atoms with E-state index in [-0.39, 0.29) is 11.1 Å². The maximum atomic E-state index is 6.33. The van der Waals surface area contributed by atoms with E-state index in [9.17, 15) is 0 Å². The first kappa shape index (κ1) is 18.7. The molecule has 0 radical (unpaired) electrons. The van der Waals surface area contributed by atoms with Gasteiger partial charge in [-0.05, 0) is 36.5 Å². The summed E-state index contributed by atoms with van der Waals surface area (Å²) in [7, 11) is -1.68. The van der Waals surface area contributed by atoms with Crippen LogP contribution in [0, 0.1) is 0 Å². The second kappa shape index (κ2) is 7.93. The van der Waals surface area contributed by atoms with E-state index in [0.29, 0.717) is 6.04 Å². The van der Waals surface area contributed by atoms with Crippen LogP contribution in [0.5, 0.6) is 0 Å². The van der Waals surface area contributed by atoms with E-state index in [0.717, 1.165) is 32.6 Å². The molecule has 23 heavy (non-hydrogen) atoms. The fourth-order valence-corrected chi connectivity index (χ4v) is 3.59. The highest BCUT2D eigenvalue weighted by molar-refractivity contribution is 6.74. The topological polar surface area (TPSA) is 30.5 Å². The summed E-state index contributed by atoms with van der Waals surface area (Å²) in [6.07, 6.45) is 2.36. The summed E-state index contributed by atoms with van der Waals surface area (Å²) >= 11 is 0. The van der Waals surface area contributed by atoms with Crippen LogP contribution in [0.25, 0.3) is 0 Å². The van der Waals surface area contributed by atoms with Gasteiger partial charge in [0.05, 0.1) is 12.7 Å². The number of rotatable bonds is 6. The summed E-state index contributed by atoms with van der Waals surface area (Å²) in [6, 6.07) is 11.1. The van der Waals surface area contributed by atoms with E-state index in [1.165, 1.54) is 5.56 Å². The zero-order valence-electron chi connectivity index (χ0n) is 15.4. The summed E-state index contributed by atoms with van der Waals surface area (Å²) in [5.74, 6) is 0. The van der Waals surface area contributed by atoms with Crippen LogP contribution in [0.4, 0.5) is 0 Å². The van der Waals surface area contributed by atoms with Gasteiger partial charge < -0.3 is 14.5 Å². The molecule has 1 fully saturated rings. The molecule has 0 aliphatic carbocycles. The molecular weight excluding hydrogens is 302 g/mol. The second-order valence-corrected chi connectivity index (χ2v) is 13.0. The van der Waals surface area contributed by atoms with Crippen LogP contribution in [0.2, 0.25) is 18.1 Å². The van der Waals surface area contributed by atoms with Crippen molar-refractivity contribution in [1.82, 2.24) is 5.32 Å². The molecule has 1 aliphatic heterocycles. The lowest BCUT2D eigenvalue weighted by Crippen LogP contribution is -2.45. The number of nitrogens with one attached hydrogen (secondary N) is 1. The highest BCUT2D eigenvalue weighted by atomic mass is 28.4. The molecule has 0 aromatic heterocycles. The lowest BCUT2D eigenvalue weighted by molar-refractivity contribution is -0.0260. The third kappa shape index (κ3) is 5.71. The van der Waals surface area contributed by atoms with Crippen LogP contribution in [0.3, 0.4) is 0 Å². The van der Waals surface area contributed by atoms with Crippen molar-refractivity contribution < 1.29 is 9.16 Å². The normalized spacial score (nSPS) is 23.0. The quantitative estimate of drug-likeness (QED) is 0.784. The van der Waals surface area contributed by atoms with Crippen molar-refractivity contribution in [2.24, 2.45) is 0 Å². The third-order valence-electron chi connectivity index (χ3n) is 5.24. The summed E-state index contributed by atoms with van der Waals surface area (Å²) < 4.78 is 12.3. The monoisotopic (exact) mass is 335 g/mol. The SMILES string of the molecule is CC(C)(C)[Si](C)(C)OCC1CC(NCc2ccccc2)CCO1. The van der Waals surface area contributed by atoms with Gasteiger partial charge in [-0.15, -0.1) is 0 Å². The molecule has 2 unspecified atom stereocenters. The Morgan fingerprint density at radius 2 is 1.91 bits per heavy atom. The fraction of sp³-hybridized carbons (Fsp3) is 0.684. The smallest absolute Gasteiger partial charge is 0.192 e. The molecule has 4 heteroatoms. The Morgan fingerprint density at radius 3 is 2.57 bits per heavy atom. The summed E-state index contributed by atoms with van der Waals surface area (Å²) in [4.78, 5) is 0. The molecule has 1 aromatic rings. The fourth-order valence-electron chi connectivity index (χ4n) is 2.56. The Bertz CT molecular complexity index is 470. The number of ether oxygens (including phenoxy) is 1. The maximum absolute atomic E-state index is 6.33. The van der Waals surface area contributed by atoms with Gasteiger partial charge in [-0.3, -0.25) is 0 Å². The van der Waals surface area contributed by atoms with Crippen molar-refractivity contribution in [1.29, 1.82) is 0 Å². The van der Waals surface area contributed by atoms with Crippen LogP contribution in [0.1, 0.15) is 39.2 Å². The molecule has 1 N–H and O–H groups in total. The Balaban J connectivity index is 1.77. The lowest BCUT2D eigenvalue weighted by Gasteiger charge is -2.38. The van der Waals surface area contributed by atoms with Crippen molar-refractivity contribution in [3.05, 3.63) is 35.9 Å². The van der Waals surface area contributed by atoms with Gasteiger partial charge in [-0.1, -0.05) is 51.1 Å². The minimum atomic E-state index is -1.68. The van der Waals surface area contributed by atoms with E-state index in [2.05, 4.69) is 69.5 Å². The van der Waals surface area contributed by atoms with E-state index in [1.807, 2.05) is 0 Å². The summed E-state index contributed by atoms with van der Waals surface area (Å²) in [5.41, 5.74) is 1.34. The van der Waals surface area contributed by atoms with Crippen molar-refractivity contribution >= 4 is 8.32 Å². The van der Waals surface area contributed by atoms with Crippen LogP contribution in [-0.4, -0.2) is 33.7 Å². The standard InChI is InChI=1S/C19H33NO2Si/c1-19(2,3)23(4,5)22-15-18-13-17(11-12-21-18)20-14-16-9-7-6-8-10-16/h6-10,17-18,20H,11-15H2,1-5H3. The molecule has 0 bridgehead atoms. The van der Waals surface area contributed by atoms with Crippen LogP contribution >= 0.6 is 0 Å². The highest BCUT2D eigenvalue weighted by Gasteiger charge is 2.38. The average molecular weight is 336 g/mol. The van der Waals surface area contributed by atoms with Gasteiger partial charge >= 0.3 is 0 Å². The van der Waals surface area contributed by atoms with E-state index >= 15 is 0 Å². The van der Waals surface area contributed by atoms with Gasteiger partial charge in [0.1, 0.15) is 0 Å². The number of benzene rings is 1. The molecule has 1 aromatic carbocycles. The average Bonchev–Trinajstić information content (AvgIpc) is 2.51. The largest absolute Gasteiger partial charge is 0.414 e. The zero-order valence-corrected chi connectivity index (χ0v) is 16.4. The molecule has 2 rings (SSSR count). The zero-order chi connectivity index (χ0) is 16.9. The number of hydrogen-bond acceptors (Lipinski definition) is 3. The van der Waals surface area contributed by atoms with Gasteiger partial charge in [0.25, 0.3) is 0 Å². The molecule has 3 nitrogen and oxygen atoms in total. The van der Waals surface area contributed by atoms with E-state index in [1.54, 1.807) is 0 Å². The lowest BCUT2D eigenvalue weighted by atomic mass is 10.0. The minimum Gasteiger partial charge on any atom is -0.414 e. The first-order valence-electron chi connectivity index (χ1n) is 8.81. The first-order chi connectivity index (χ1) is 10.8. The predicted molar refractivity (Wildman–Crippen MR) is 99.2 cm³/mol. The van der Waals surface area contributed by atoms with Crippen molar-refractivity contribution in [3.63, 3.8) is 0 Å². The molecule has 0 spiro atoms. The van der Waals surface area contributed by atoms with Gasteiger partial charge in [0.2, 0.25) is 0 Å². The summed E-state index contributed by atoms with van der Waals surface area (Å²) in [5, 5.41) is 3.93. The molecule has 0 amide bonds. The second-order valence-electron chi connectivity index (χ2n) is 8.15. The van der Waals surface area contributed by atoms with Crippen molar-refractivity contribution in [2.75, 3.05) is 13.2 Å². The molecule has 1 saturated heterocycles. The van der Waals surface area contributed by atoms with Crippen LogP contribution in [0.15, 0.2) is 30.3 Å². The molecule has 0 saturated carbocycles. The van der Waals surface area contributed by atoms with E-state index in [4.69, 9.17) is 9.16 Å². The molecular formula is C19H33NO2Si. The minimum absolute atomic E-state index is 0.228. The predicted octanol–water partition coefficient (Wildman–Crippen LogP) is 4.35. The maximum Gasteiger partial charge on any atom is 0.192 e. The molecule has 2 atom stereocenters. The van der Waals surface area contributed by atoms with Gasteiger partial charge in [-0.2, -0.15) is 0 Å². The summed E-state index contributed by atoms with van der Waals surface area (Å²) in [6.45, 7) is 14.0. The molecule has 1 aliphatic rings. The van der Waals surface area contributed by atoms with Gasteiger partial charge in [0.15, 0.2) is 8.32 Å². The molecule has 1 heterocycles. The highest BCUT2D eigenvalue weighted by Crippen LogP contribution is 2.36. The van der Waals surface area contributed by atoms with Crippen molar-refractivity contribution in [3.8, 4) is 0 Å². The Kier molecular flexibility index (Phi) is 6.43. The molecule has 130 valence electrons. The van der Waals surface area contributed by atoms with Gasteiger partial charge in [0, 0.05) is 19.2 Å². The van der Waals surface area contributed by atoms with E-state index < -0.39 is 8.32 Å². The first-order valence-corrected chi connectivity index (χ1v) is 11.7. The Labute approximate surface area is 142 Å². The Morgan fingerprint density at radius 1 is 1.22 bits per heavy atom. The van der Waals surface area contributed by atoms with Crippen LogP contribution in [-0.2, 0) is 15.7 Å². The number of hydrogen-bond donors (Lipinski definition) is 1. The van der Waals surface area contributed by atoms with Crippen LogP contribution < -0.4 is 5.32 Å². The Hall–Kier alpha value is -0.683.